The van der Waals surface area contributed by atoms with Crippen LogP contribution in [0, 0.1) is 12.8 Å². The van der Waals surface area contributed by atoms with Crippen molar-refractivity contribution < 1.29 is 4.79 Å². The van der Waals surface area contributed by atoms with Crippen molar-refractivity contribution >= 4 is 27.5 Å². The number of anilines is 1. The number of carbonyl (C=O) groups excluding carboxylic acids is 1. The summed E-state index contributed by atoms with van der Waals surface area (Å²) in [7, 11) is 0. The number of nitrogens with one attached hydrogen (secondary N) is 2. The minimum absolute atomic E-state index is 0.0203. The quantitative estimate of drug-likeness (QED) is 0.886. The highest BCUT2D eigenvalue weighted by Crippen LogP contribution is 2.25. The maximum absolute atomic E-state index is 12.3. The number of hydrogen-bond acceptors (Lipinski definition) is 2. The minimum atomic E-state index is 0.0203. The molecule has 0 radical (unpaired) electrons. The summed E-state index contributed by atoms with van der Waals surface area (Å²) in [6.45, 7) is 2.01. The predicted molar refractivity (Wildman–Crippen MR) is 81.6 cm³/mol. The molecule has 4 nitrogen and oxygen atoms in total. The average Bonchev–Trinajstić information content (AvgIpc) is 2.90. The molecule has 1 heterocycles. The van der Waals surface area contributed by atoms with Crippen LogP contribution in [0.4, 0.5) is 5.69 Å². The van der Waals surface area contributed by atoms with E-state index in [0.29, 0.717) is 0 Å². The predicted octanol–water partition coefficient (Wildman–Crippen LogP) is 3.22. The second-order valence-electron chi connectivity index (χ2n) is 5.22. The molecule has 0 saturated carbocycles. The molecule has 1 unspecified atom stereocenters. The molecule has 1 amide bonds. The van der Waals surface area contributed by atoms with Gasteiger partial charge >= 0.3 is 0 Å². The summed E-state index contributed by atoms with van der Waals surface area (Å²) in [5, 5.41) is 3.01. The molecule has 1 aliphatic rings. The van der Waals surface area contributed by atoms with Crippen LogP contribution in [0.3, 0.4) is 0 Å². The summed E-state index contributed by atoms with van der Waals surface area (Å²) >= 11 is 3.46. The molecular weight excluding hydrogens is 318 g/mol. The molecule has 0 spiro atoms. The van der Waals surface area contributed by atoms with Crippen molar-refractivity contribution in [3.8, 4) is 0 Å². The number of carbonyl (C=O) groups is 1. The molecule has 20 heavy (non-hydrogen) atoms. The van der Waals surface area contributed by atoms with Gasteiger partial charge in [-0.2, -0.15) is 0 Å². The number of rotatable bonds is 2. The molecule has 1 aliphatic carbocycles. The summed E-state index contributed by atoms with van der Waals surface area (Å²) in [6, 6.07) is 5.85. The summed E-state index contributed by atoms with van der Waals surface area (Å²) in [6.07, 6.45) is 4.19. The van der Waals surface area contributed by atoms with Gasteiger partial charge in [0.2, 0.25) is 5.91 Å². The van der Waals surface area contributed by atoms with E-state index in [-0.39, 0.29) is 11.8 Å². The fraction of sp³-hybridized carbons (Fsp3) is 0.333. The summed E-state index contributed by atoms with van der Waals surface area (Å²) in [4.78, 5) is 19.7. The smallest absolute Gasteiger partial charge is 0.227 e. The second-order valence-corrected chi connectivity index (χ2v) is 6.08. The number of H-pyrrole nitrogens is 1. The Hall–Kier alpha value is -1.62. The van der Waals surface area contributed by atoms with Gasteiger partial charge in [-0.15, -0.1) is 0 Å². The third-order valence-corrected chi connectivity index (χ3v) is 4.67. The van der Waals surface area contributed by atoms with E-state index >= 15 is 0 Å². The van der Waals surface area contributed by atoms with Crippen molar-refractivity contribution in [3.63, 3.8) is 0 Å². The van der Waals surface area contributed by atoms with Crippen LogP contribution in [0.15, 0.2) is 29.0 Å². The number of halogens is 1. The van der Waals surface area contributed by atoms with E-state index in [9.17, 15) is 4.79 Å². The molecule has 5 heteroatoms. The van der Waals surface area contributed by atoms with Gasteiger partial charge in [-0.25, -0.2) is 4.98 Å². The summed E-state index contributed by atoms with van der Waals surface area (Å²) in [5.74, 6) is 0.110. The van der Waals surface area contributed by atoms with Crippen LogP contribution >= 0.6 is 15.9 Å². The molecule has 1 atom stereocenters. The molecule has 0 bridgehead atoms. The fourth-order valence-corrected chi connectivity index (χ4v) is 2.84. The van der Waals surface area contributed by atoms with Crippen molar-refractivity contribution in [1.82, 2.24) is 9.97 Å². The molecule has 0 saturated heterocycles. The number of imidazole rings is 1. The fourth-order valence-electron chi connectivity index (χ4n) is 2.59. The van der Waals surface area contributed by atoms with Crippen molar-refractivity contribution in [2.45, 2.75) is 26.2 Å². The normalized spacial score (nSPS) is 17.6. The Balaban J connectivity index is 1.69. The number of aromatic nitrogens is 2. The van der Waals surface area contributed by atoms with E-state index in [1.54, 1.807) is 6.33 Å². The zero-order chi connectivity index (χ0) is 14.1. The van der Waals surface area contributed by atoms with Crippen LogP contribution < -0.4 is 5.32 Å². The lowest BCUT2D eigenvalue weighted by Crippen LogP contribution is -2.28. The Kier molecular flexibility index (Phi) is 3.61. The molecule has 0 aliphatic heterocycles. The third-order valence-electron chi connectivity index (χ3n) is 3.78. The van der Waals surface area contributed by atoms with E-state index < -0.39 is 0 Å². The first kappa shape index (κ1) is 13.4. The topological polar surface area (TPSA) is 57.8 Å². The van der Waals surface area contributed by atoms with Gasteiger partial charge in [-0.05, 0) is 43.5 Å². The van der Waals surface area contributed by atoms with Crippen LogP contribution in [-0.2, 0) is 17.6 Å². The number of nitrogens with zero attached hydrogens (tertiary/aromatic N) is 1. The first-order chi connectivity index (χ1) is 9.63. The van der Waals surface area contributed by atoms with Gasteiger partial charge in [0.05, 0.1) is 12.0 Å². The minimum Gasteiger partial charge on any atom is -0.348 e. The van der Waals surface area contributed by atoms with E-state index in [2.05, 4.69) is 31.2 Å². The Morgan fingerprint density at radius 1 is 1.50 bits per heavy atom. The van der Waals surface area contributed by atoms with Crippen molar-refractivity contribution in [2.24, 2.45) is 5.92 Å². The van der Waals surface area contributed by atoms with E-state index in [1.165, 1.54) is 0 Å². The lowest BCUT2D eigenvalue weighted by molar-refractivity contribution is -0.120. The number of fused-ring (bicyclic) bond motifs is 1. The number of hydrogen-bond donors (Lipinski definition) is 2. The van der Waals surface area contributed by atoms with Crippen LogP contribution in [0.5, 0.6) is 0 Å². The van der Waals surface area contributed by atoms with Gasteiger partial charge in [0.1, 0.15) is 0 Å². The van der Waals surface area contributed by atoms with Gasteiger partial charge in [-0.3, -0.25) is 4.79 Å². The first-order valence-electron chi connectivity index (χ1n) is 6.71. The Morgan fingerprint density at radius 2 is 2.35 bits per heavy atom. The zero-order valence-corrected chi connectivity index (χ0v) is 12.8. The van der Waals surface area contributed by atoms with Crippen molar-refractivity contribution in [1.29, 1.82) is 0 Å². The van der Waals surface area contributed by atoms with Gasteiger partial charge in [-0.1, -0.05) is 15.9 Å². The number of benzene rings is 1. The molecular formula is C15H16BrN3O. The maximum Gasteiger partial charge on any atom is 0.227 e. The van der Waals surface area contributed by atoms with Gasteiger partial charge < -0.3 is 10.3 Å². The van der Waals surface area contributed by atoms with Gasteiger partial charge in [0.25, 0.3) is 0 Å². The van der Waals surface area contributed by atoms with E-state index in [1.807, 2.05) is 25.1 Å². The molecule has 0 fully saturated rings. The van der Waals surface area contributed by atoms with Crippen LogP contribution in [0.25, 0.3) is 0 Å². The Labute approximate surface area is 126 Å². The van der Waals surface area contributed by atoms with Gasteiger partial charge in [0, 0.05) is 28.2 Å². The third kappa shape index (κ3) is 2.63. The second kappa shape index (κ2) is 5.40. The Bertz CT molecular complexity index is 650. The first-order valence-corrected chi connectivity index (χ1v) is 7.51. The largest absolute Gasteiger partial charge is 0.348 e. The standard InChI is InChI=1S/C15H16BrN3O/c1-9-6-11(3-4-12(9)16)19-15(20)10-2-5-13-14(7-10)18-8-17-13/h3-4,6,8,10H,2,5,7H2,1H3,(H,17,18)(H,19,20). The Morgan fingerprint density at radius 3 is 3.15 bits per heavy atom. The maximum atomic E-state index is 12.3. The zero-order valence-electron chi connectivity index (χ0n) is 11.2. The number of aromatic amines is 1. The van der Waals surface area contributed by atoms with Crippen LogP contribution in [0.2, 0.25) is 0 Å². The monoisotopic (exact) mass is 333 g/mol. The van der Waals surface area contributed by atoms with Crippen LogP contribution in [-0.4, -0.2) is 15.9 Å². The molecule has 104 valence electrons. The van der Waals surface area contributed by atoms with Crippen LogP contribution in [0.1, 0.15) is 23.4 Å². The van der Waals surface area contributed by atoms with E-state index in [0.717, 1.165) is 46.4 Å². The highest BCUT2D eigenvalue weighted by Gasteiger charge is 2.26. The molecule has 1 aromatic carbocycles. The highest BCUT2D eigenvalue weighted by molar-refractivity contribution is 9.10. The average molecular weight is 334 g/mol. The highest BCUT2D eigenvalue weighted by atomic mass is 79.9. The number of aryl methyl sites for hydroxylation is 2. The summed E-state index contributed by atoms with van der Waals surface area (Å²) in [5.41, 5.74) is 4.17. The molecule has 3 rings (SSSR count). The molecule has 2 aromatic rings. The van der Waals surface area contributed by atoms with Gasteiger partial charge in [0.15, 0.2) is 0 Å². The molecule has 1 aromatic heterocycles. The lowest BCUT2D eigenvalue weighted by atomic mass is 9.89. The summed E-state index contributed by atoms with van der Waals surface area (Å²) < 4.78 is 1.05. The SMILES string of the molecule is Cc1cc(NC(=O)C2CCc3nc[nH]c3C2)ccc1Br. The van der Waals surface area contributed by atoms with Crippen molar-refractivity contribution in [2.75, 3.05) is 5.32 Å². The number of amides is 1. The molecule has 2 N–H and O–H groups in total. The van der Waals surface area contributed by atoms with E-state index in [4.69, 9.17) is 0 Å². The van der Waals surface area contributed by atoms with Crippen molar-refractivity contribution in [3.05, 3.63) is 46.0 Å². The lowest BCUT2D eigenvalue weighted by Gasteiger charge is -2.20.